The first-order chi connectivity index (χ1) is 14.9. The summed E-state index contributed by atoms with van der Waals surface area (Å²) < 4.78 is 2.43. The zero-order valence-electron chi connectivity index (χ0n) is 18.7. The van der Waals surface area contributed by atoms with Crippen molar-refractivity contribution in [3.05, 3.63) is 90.3 Å². The van der Waals surface area contributed by atoms with E-state index in [-0.39, 0.29) is 11.5 Å². The minimum absolute atomic E-state index is 0.0742. The van der Waals surface area contributed by atoms with E-state index in [1.807, 2.05) is 13.2 Å². The van der Waals surface area contributed by atoms with Gasteiger partial charge >= 0.3 is 0 Å². The molecule has 0 fully saturated rings. The third-order valence-electron chi connectivity index (χ3n) is 7.16. The molecule has 0 saturated heterocycles. The van der Waals surface area contributed by atoms with Crippen LogP contribution in [0.4, 0.5) is 0 Å². The van der Waals surface area contributed by atoms with Gasteiger partial charge < -0.3 is 9.72 Å². The number of rotatable bonds is 6. The molecular weight excluding hydrogens is 378 g/mol. The van der Waals surface area contributed by atoms with E-state index in [1.165, 1.54) is 38.6 Å². The summed E-state index contributed by atoms with van der Waals surface area (Å²) in [5, 5.41) is 6.01. The molecule has 1 unspecified atom stereocenters. The van der Waals surface area contributed by atoms with Crippen LogP contribution < -0.4 is 5.32 Å². The molecule has 0 aliphatic rings. The van der Waals surface area contributed by atoms with E-state index in [1.54, 1.807) is 0 Å². The molecule has 3 nitrogen and oxygen atoms in total. The van der Waals surface area contributed by atoms with Crippen LogP contribution in [0.15, 0.2) is 73.4 Å². The van der Waals surface area contributed by atoms with Gasteiger partial charge in [0.05, 0.1) is 16.6 Å². The molecule has 1 N–H and O–H groups in total. The van der Waals surface area contributed by atoms with Crippen LogP contribution in [0.5, 0.6) is 0 Å². The van der Waals surface area contributed by atoms with Gasteiger partial charge in [-0.05, 0) is 50.1 Å². The molecule has 1 atom stereocenters. The number of nitrogens with one attached hydrogen (secondary N) is 1. The number of fused-ring (bicyclic) bond motifs is 3. The Hall–Kier alpha value is -3.17. The van der Waals surface area contributed by atoms with Gasteiger partial charge in [-0.15, -0.1) is 0 Å². The first-order valence-electron chi connectivity index (χ1n) is 11.0. The van der Waals surface area contributed by atoms with Crippen LogP contribution in [0, 0.1) is 5.92 Å². The number of aromatic nitrogens is 2. The molecule has 3 heteroatoms. The molecule has 0 saturated carbocycles. The fourth-order valence-corrected chi connectivity index (χ4v) is 4.79. The van der Waals surface area contributed by atoms with Crippen LogP contribution in [0.1, 0.15) is 37.6 Å². The van der Waals surface area contributed by atoms with Crippen molar-refractivity contribution < 1.29 is 0 Å². The molecule has 3 aromatic heterocycles. The number of hydrogen-bond donors (Lipinski definition) is 1. The average molecular weight is 408 g/mol. The highest BCUT2D eigenvalue weighted by atomic mass is 15.0. The third kappa shape index (κ3) is 2.95. The summed E-state index contributed by atoms with van der Waals surface area (Å²) in [5.74, 6) is 0.242. The Morgan fingerprint density at radius 3 is 2.48 bits per heavy atom. The highest BCUT2D eigenvalue weighted by Gasteiger charge is 2.31. The second kappa shape index (κ2) is 7.21. The standard InChI is InChI=1S/C28H29N3/c1-18(19(2)28(3,4)29-5)25-24(17-20-11-7-6-8-12-20)31-23-14-10-9-13-21(23)22-15-16-30-26(25)27(22)31/h6-16,19,29H,1,17H2,2-5H3. The molecule has 5 rings (SSSR count). The lowest BCUT2D eigenvalue weighted by atomic mass is 9.80. The minimum Gasteiger partial charge on any atom is -0.314 e. The van der Waals surface area contributed by atoms with Gasteiger partial charge in [-0.1, -0.05) is 62.0 Å². The zero-order chi connectivity index (χ0) is 21.8. The number of nitrogens with zero attached hydrogens (tertiary/aromatic N) is 2. The van der Waals surface area contributed by atoms with Gasteiger partial charge in [0.15, 0.2) is 0 Å². The van der Waals surface area contributed by atoms with E-state index < -0.39 is 0 Å². The number of pyridine rings is 1. The maximum Gasteiger partial charge on any atom is 0.0969 e. The van der Waals surface area contributed by atoms with Crippen molar-refractivity contribution in [2.45, 2.75) is 32.7 Å². The van der Waals surface area contributed by atoms with Crippen molar-refractivity contribution in [3.63, 3.8) is 0 Å². The normalized spacial score (nSPS) is 13.4. The molecule has 2 aromatic carbocycles. The molecule has 156 valence electrons. The Morgan fingerprint density at radius 2 is 1.74 bits per heavy atom. The van der Waals surface area contributed by atoms with Crippen molar-refractivity contribution in [1.29, 1.82) is 0 Å². The van der Waals surface area contributed by atoms with E-state index in [0.29, 0.717) is 0 Å². The fourth-order valence-electron chi connectivity index (χ4n) is 4.79. The van der Waals surface area contributed by atoms with E-state index in [4.69, 9.17) is 4.98 Å². The highest BCUT2D eigenvalue weighted by Crippen LogP contribution is 2.42. The SMILES string of the molecule is C=C(c1c(Cc2ccccc2)n2c3ccccc3c3ccnc1c32)C(C)C(C)(C)NC. The van der Waals surface area contributed by atoms with Gasteiger partial charge in [-0.2, -0.15) is 0 Å². The predicted molar refractivity (Wildman–Crippen MR) is 132 cm³/mol. The van der Waals surface area contributed by atoms with Crippen molar-refractivity contribution >= 4 is 32.9 Å². The Morgan fingerprint density at radius 1 is 1.03 bits per heavy atom. The summed E-state index contributed by atoms with van der Waals surface area (Å²) in [4.78, 5) is 4.90. The Balaban J connectivity index is 1.85. The number of benzene rings is 2. The molecule has 0 aliphatic heterocycles. The zero-order valence-corrected chi connectivity index (χ0v) is 18.7. The van der Waals surface area contributed by atoms with Crippen molar-refractivity contribution in [2.75, 3.05) is 7.05 Å². The van der Waals surface area contributed by atoms with Gasteiger partial charge in [-0.25, -0.2) is 0 Å². The smallest absolute Gasteiger partial charge is 0.0969 e. The average Bonchev–Trinajstić information content (AvgIpc) is 3.30. The summed E-state index contributed by atoms with van der Waals surface area (Å²) in [6.07, 6.45) is 2.78. The molecule has 3 heterocycles. The van der Waals surface area contributed by atoms with Gasteiger partial charge in [0, 0.05) is 40.2 Å². The summed E-state index contributed by atoms with van der Waals surface area (Å²) in [7, 11) is 2.02. The summed E-state index contributed by atoms with van der Waals surface area (Å²) in [5.41, 5.74) is 8.33. The molecule has 0 aliphatic carbocycles. The van der Waals surface area contributed by atoms with Gasteiger partial charge in [0.25, 0.3) is 0 Å². The first-order valence-corrected chi connectivity index (χ1v) is 11.0. The van der Waals surface area contributed by atoms with Crippen LogP contribution in [-0.4, -0.2) is 22.0 Å². The quantitative estimate of drug-likeness (QED) is 0.357. The Labute approximate surface area is 183 Å². The highest BCUT2D eigenvalue weighted by molar-refractivity contribution is 6.16. The van der Waals surface area contributed by atoms with Crippen molar-refractivity contribution in [3.8, 4) is 0 Å². The number of hydrogen-bond acceptors (Lipinski definition) is 2. The van der Waals surface area contributed by atoms with Crippen LogP contribution in [0.2, 0.25) is 0 Å². The fraction of sp³-hybridized carbons (Fsp3) is 0.250. The van der Waals surface area contributed by atoms with Gasteiger partial charge in [0.1, 0.15) is 0 Å². The van der Waals surface area contributed by atoms with Crippen molar-refractivity contribution in [2.24, 2.45) is 5.92 Å². The number of para-hydroxylation sites is 1. The Bertz CT molecular complexity index is 1390. The van der Waals surface area contributed by atoms with E-state index in [0.717, 1.165) is 17.5 Å². The van der Waals surface area contributed by atoms with E-state index in [2.05, 4.69) is 97.7 Å². The Kier molecular flexibility index (Phi) is 4.60. The molecule has 31 heavy (non-hydrogen) atoms. The third-order valence-corrected chi connectivity index (χ3v) is 7.16. The lowest BCUT2D eigenvalue weighted by Gasteiger charge is -2.33. The summed E-state index contributed by atoms with van der Waals surface area (Å²) in [6.45, 7) is 11.4. The molecule has 0 radical (unpaired) electrons. The predicted octanol–water partition coefficient (Wildman–Crippen LogP) is 6.32. The van der Waals surface area contributed by atoms with Crippen LogP contribution in [0.25, 0.3) is 32.9 Å². The molecule has 0 spiro atoms. The lowest BCUT2D eigenvalue weighted by molar-refractivity contribution is 0.347. The second-order valence-corrected chi connectivity index (χ2v) is 9.11. The lowest BCUT2D eigenvalue weighted by Crippen LogP contribution is -2.43. The van der Waals surface area contributed by atoms with Gasteiger partial charge in [0.2, 0.25) is 0 Å². The van der Waals surface area contributed by atoms with Crippen molar-refractivity contribution in [1.82, 2.24) is 14.7 Å². The monoisotopic (exact) mass is 407 g/mol. The second-order valence-electron chi connectivity index (χ2n) is 9.11. The first kappa shape index (κ1) is 19.8. The van der Waals surface area contributed by atoms with E-state index >= 15 is 0 Å². The molecule has 0 bridgehead atoms. The molecular formula is C28H29N3. The van der Waals surface area contributed by atoms with Crippen LogP contribution in [0.3, 0.4) is 0 Å². The molecule has 5 aromatic rings. The maximum atomic E-state index is 4.90. The van der Waals surface area contributed by atoms with E-state index in [9.17, 15) is 0 Å². The summed E-state index contributed by atoms with van der Waals surface area (Å²) >= 11 is 0. The maximum absolute atomic E-state index is 4.90. The largest absolute Gasteiger partial charge is 0.314 e. The summed E-state index contributed by atoms with van der Waals surface area (Å²) in [6, 6.07) is 21.5. The topological polar surface area (TPSA) is 29.3 Å². The van der Waals surface area contributed by atoms with Crippen LogP contribution >= 0.6 is 0 Å². The van der Waals surface area contributed by atoms with Gasteiger partial charge in [-0.3, -0.25) is 4.98 Å². The minimum atomic E-state index is -0.0742. The van der Waals surface area contributed by atoms with Crippen LogP contribution in [-0.2, 0) is 6.42 Å². The molecule has 0 amide bonds.